The Labute approximate surface area is 113 Å². The molecule has 2 atom stereocenters. The second kappa shape index (κ2) is 5.98. The van der Waals surface area contributed by atoms with Crippen LogP contribution in [0.15, 0.2) is 24.3 Å². The van der Waals surface area contributed by atoms with Crippen LogP contribution in [0.3, 0.4) is 0 Å². The summed E-state index contributed by atoms with van der Waals surface area (Å²) >= 11 is 0. The smallest absolute Gasteiger partial charge is 0.0950 e. The monoisotopic (exact) mass is 263 g/mol. The molecule has 2 aliphatic heterocycles. The first-order valence-corrected chi connectivity index (χ1v) is 6.83. The summed E-state index contributed by atoms with van der Waals surface area (Å²) in [6.45, 7) is 5.05. The molecular formula is C14H21N3O2. The number of nitrogens with two attached hydrogens (primary N) is 1. The molecule has 5 nitrogen and oxygen atoms in total. The van der Waals surface area contributed by atoms with Gasteiger partial charge in [-0.05, 0) is 11.1 Å². The van der Waals surface area contributed by atoms with E-state index in [2.05, 4.69) is 34.7 Å². The van der Waals surface area contributed by atoms with E-state index in [4.69, 9.17) is 15.2 Å². The molecular weight excluding hydrogens is 242 g/mol. The van der Waals surface area contributed by atoms with Gasteiger partial charge in [0, 0.05) is 26.2 Å². The van der Waals surface area contributed by atoms with E-state index in [1.807, 2.05) is 0 Å². The number of benzene rings is 1. The van der Waals surface area contributed by atoms with Crippen LogP contribution >= 0.6 is 0 Å². The number of rotatable bonds is 8. The third-order valence-corrected chi connectivity index (χ3v) is 3.42. The van der Waals surface area contributed by atoms with Crippen LogP contribution in [0, 0.1) is 0 Å². The summed E-state index contributed by atoms with van der Waals surface area (Å²) in [6.07, 6.45) is 0.789. The van der Waals surface area contributed by atoms with Crippen molar-refractivity contribution in [2.75, 3.05) is 26.3 Å². The maximum absolute atomic E-state index is 5.59. The molecule has 0 aliphatic carbocycles. The molecule has 0 bridgehead atoms. The number of epoxide rings is 2. The quantitative estimate of drug-likeness (QED) is 0.520. The molecule has 2 heterocycles. The summed E-state index contributed by atoms with van der Waals surface area (Å²) in [7, 11) is 0. The fourth-order valence-electron chi connectivity index (χ4n) is 2.04. The lowest BCUT2D eigenvalue weighted by atomic mass is 10.1. The summed E-state index contributed by atoms with van der Waals surface area (Å²) in [5.41, 5.74) is 11.5. The molecule has 2 aliphatic rings. The van der Waals surface area contributed by atoms with E-state index in [1.165, 1.54) is 11.1 Å². The molecule has 1 aromatic carbocycles. The molecule has 19 heavy (non-hydrogen) atoms. The Morgan fingerprint density at radius 3 is 2.05 bits per heavy atom. The van der Waals surface area contributed by atoms with Gasteiger partial charge < -0.3 is 15.2 Å². The number of hydrogen-bond acceptors (Lipinski definition) is 5. The first-order valence-electron chi connectivity index (χ1n) is 6.83. The minimum Gasteiger partial charge on any atom is -0.372 e. The molecule has 3 rings (SSSR count). The van der Waals surface area contributed by atoms with Gasteiger partial charge in [-0.15, -0.1) is 0 Å². The fourth-order valence-corrected chi connectivity index (χ4v) is 2.04. The van der Waals surface area contributed by atoms with Crippen molar-refractivity contribution >= 4 is 0 Å². The highest BCUT2D eigenvalue weighted by Crippen LogP contribution is 2.14. The summed E-state index contributed by atoms with van der Waals surface area (Å²) in [5, 5.41) is 2.21. The molecule has 0 saturated carbocycles. The number of nitrogens with one attached hydrogen (secondary N) is 1. The highest BCUT2D eigenvalue weighted by atomic mass is 16.6. The molecule has 3 N–H and O–H groups in total. The first-order chi connectivity index (χ1) is 9.33. The van der Waals surface area contributed by atoms with Gasteiger partial charge in [0.2, 0.25) is 0 Å². The largest absolute Gasteiger partial charge is 0.372 e. The van der Waals surface area contributed by atoms with Crippen LogP contribution in [0.5, 0.6) is 0 Å². The van der Waals surface area contributed by atoms with Crippen LogP contribution in [0.2, 0.25) is 0 Å². The van der Waals surface area contributed by atoms with E-state index < -0.39 is 0 Å². The molecule has 0 aromatic heterocycles. The van der Waals surface area contributed by atoms with Gasteiger partial charge in [0.1, 0.15) is 0 Å². The highest BCUT2D eigenvalue weighted by molar-refractivity contribution is 5.22. The molecule has 2 unspecified atom stereocenters. The van der Waals surface area contributed by atoms with Gasteiger partial charge >= 0.3 is 0 Å². The Kier molecular flexibility index (Phi) is 4.10. The van der Waals surface area contributed by atoms with E-state index >= 15 is 0 Å². The molecule has 0 amide bonds. The Morgan fingerprint density at radius 1 is 1.05 bits per heavy atom. The lowest BCUT2D eigenvalue weighted by Crippen LogP contribution is -2.42. The lowest BCUT2D eigenvalue weighted by Gasteiger charge is -2.21. The number of hydrazine groups is 1. The lowest BCUT2D eigenvalue weighted by molar-refractivity contribution is 0.151. The third-order valence-electron chi connectivity index (χ3n) is 3.42. The molecule has 2 fully saturated rings. The summed E-state index contributed by atoms with van der Waals surface area (Å²) in [4.78, 5) is 0. The Hall–Kier alpha value is -0.980. The van der Waals surface area contributed by atoms with Crippen LogP contribution < -0.4 is 11.2 Å². The van der Waals surface area contributed by atoms with Crippen molar-refractivity contribution in [1.29, 1.82) is 0 Å². The van der Waals surface area contributed by atoms with Crippen molar-refractivity contribution in [3.8, 4) is 0 Å². The van der Waals surface area contributed by atoms with Crippen molar-refractivity contribution in [2.24, 2.45) is 5.73 Å². The third kappa shape index (κ3) is 4.26. The highest BCUT2D eigenvalue weighted by Gasteiger charge is 2.30. The summed E-state index contributed by atoms with van der Waals surface area (Å²) < 4.78 is 10.6. The fraction of sp³-hybridized carbons (Fsp3) is 0.571. The van der Waals surface area contributed by atoms with E-state index in [-0.39, 0.29) is 0 Å². The maximum Gasteiger partial charge on any atom is 0.0950 e. The Bertz CT molecular complexity index is 388. The Morgan fingerprint density at radius 2 is 1.58 bits per heavy atom. The van der Waals surface area contributed by atoms with E-state index in [9.17, 15) is 0 Å². The van der Waals surface area contributed by atoms with E-state index in [1.54, 1.807) is 0 Å². The molecule has 1 aromatic rings. The topological polar surface area (TPSA) is 66.3 Å². The van der Waals surface area contributed by atoms with Crippen LogP contribution in [0.4, 0.5) is 0 Å². The maximum atomic E-state index is 5.59. The minimum atomic E-state index is 0.394. The van der Waals surface area contributed by atoms with Crippen LogP contribution in [0.1, 0.15) is 11.1 Å². The van der Waals surface area contributed by atoms with Crippen molar-refractivity contribution in [1.82, 2.24) is 10.4 Å². The normalized spacial score (nSPS) is 24.7. The van der Waals surface area contributed by atoms with Crippen LogP contribution in [0.25, 0.3) is 0 Å². The van der Waals surface area contributed by atoms with Gasteiger partial charge in [-0.25, -0.2) is 5.01 Å². The van der Waals surface area contributed by atoms with Gasteiger partial charge in [0.05, 0.1) is 25.4 Å². The van der Waals surface area contributed by atoms with E-state index in [0.717, 1.165) is 32.8 Å². The van der Waals surface area contributed by atoms with Crippen LogP contribution in [-0.2, 0) is 22.6 Å². The zero-order chi connectivity index (χ0) is 13.1. The second-order valence-corrected chi connectivity index (χ2v) is 5.17. The van der Waals surface area contributed by atoms with E-state index in [0.29, 0.717) is 18.8 Å². The average molecular weight is 263 g/mol. The average Bonchev–Trinajstić information content (AvgIpc) is 3.32. The van der Waals surface area contributed by atoms with Gasteiger partial charge in [-0.2, -0.15) is 0 Å². The summed E-state index contributed by atoms with van der Waals surface area (Å²) in [6, 6.07) is 8.40. The second-order valence-electron chi connectivity index (χ2n) is 5.17. The van der Waals surface area contributed by atoms with Gasteiger partial charge in [0.15, 0.2) is 0 Å². The standard InChI is InChI=1S/C14H21N3O2/c15-5-11-1-3-12(4-2-11)6-16-17(7-13-9-18-13)8-14-10-19-14/h1-4,13-14,16H,5-10,15H2. The number of hydrogen-bond donors (Lipinski definition) is 2. The number of ether oxygens (including phenoxy) is 2. The molecule has 5 heteroatoms. The molecule has 0 spiro atoms. The van der Waals surface area contributed by atoms with Gasteiger partial charge in [0.25, 0.3) is 0 Å². The summed E-state index contributed by atoms with van der Waals surface area (Å²) in [5.74, 6) is 0. The van der Waals surface area contributed by atoms with Crippen LogP contribution in [-0.4, -0.2) is 43.5 Å². The number of nitrogens with zero attached hydrogens (tertiary/aromatic N) is 1. The van der Waals surface area contributed by atoms with Crippen molar-refractivity contribution in [3.63, 3.8) is 0 Å². The predicted molar refractivity (Wildman–Crippen MR) is 72.2 cm³/mol. The van der Waals surface area contributed by atoms with Crippen molar-refractivity contribution in [3.05, 3.63) is 35.4 Å². The zero-order valence-electron chi connectivity index (χ0n) is 11.0. The van der Waals surface area contributed by atoms with Crippen molar-refractivity contribution in [2.45, 2.75) is 25.3 Å². The molecule has 0 radical (unpaired) electrons. The van der Waals surface area contributed by atoms with Gasteiger partial charge in [-0.1, -0.05) is 24.3 Å². The molecule has 2 saturated heterocycles. The molecule has 104 valence electrons. The van der Waals surface area contributed by atoms with Crippen molar-refractivity contribution < 1.29 is 9.47 Å². The zero-order valence-corrected chi connectivity index (χ0v) is 11.0. The van der Waals surface area contributed by atoms with Gasteiger partial charge in [-0.3, -0.25) is 5.43 Å². The predicted octanol–water partition coefficient (Wildman–Crippen LogP) is 0.250. The Balaban J connectivity index is 1.48. The first kappa shape index (κ1) is 13.0. The minimum absolute atomic E-state index is 0.394. The SMILES string of the molecule is NCc1ccc(CNN(CC2CO2)CC2CO2)cc1.